The number of imide groups is 1. The molecule has 8 nitrogen and oxygen atoms in total. The zero-order chi connectivity index (χ0) is 26.2. The highest BCUT2D eigenvalue weighted by atomic mass is 19.4. The van der Waals surface area contributed by atoms with E-state index in [0.717, 1.165) is 12.1 Å². The number of halogens is 6. The number of benzene rings is 2. The molecule has 2 aromatic rings. The van der Waals surface area contributed by atoms with Crippen molar-refractivity contribution in [2.24, 2.45) is 0 Å². The second-order valence-electron chi connectivity index (χ2n) is 7.25. The minimum Gasteiger partial charge on any atom is -0.493 e. The van der Waals surface area contributed by atoms with Gasteiger partial charge < -0.3 is 14.8 Å². The Morgan fingerprint density at radius 1 is 1.03 bits per heavy atom. The first-order chi connectivity index (χ1) is 16.2. The monoisotopic (exact) mass is 505 g/mol. The van der Waals surface area contributed by atoms with E-state index in [-0.39, 0.29) is 22.0 Å². The predicted molar refractivity (Wildman–Crippen MR) is 106 cm³/mol. The number of amides is 4. The third-order valence-electron chi connectivity index (χ3n) is 5.10. The van der Waals surface area contributed by atoms with Crippen molar-refractivity contribution in [3.05, 3.63) is 59.2 Å². The van der Waals surface area contributed by atoms with Crippen molar-refractivity contribution in [1.29, 1.82) is 0 Å². The van der Waals surface area contributed by atoms with Gasteiger partial charge in [-0.05, 0) is 24.3 Å². The number of methoxy groups -OCH3 is 2. The Kier molecular flexibility index (Phi) is 6.59. The molecule has 2 N–H and O–H groups in total. The summed E-state index contributed by atoms with van der Waals surface area (Å²) >= 11 is 0. The molecule has 1 atom stereocenters. The number of nitrogens with one attached hydrogen (secondary N) is 2. The highest BCUT2D eigenvalue weighted by molar-refractivity contribution is 6.10. The van der Waals surface area contributed by atoms with Crippen molar-refractivity contribution >= 4 is 17.8 Å². The molecule has 1 saturated heterocycles. The van der Waals surface area contributed by atoms with E-state index in [0.29, 0.717) is 12.1 Å². The van der Waals surface area contributed by atoms with Gasteiger partial charge in [0.1, 0.15) is 0 Å². The van der Waals surface area contributed by atoms with E-state index in [1.807, 2.05) is 0 Å². The fraction of sp³-hybridized carbons (Fsp3) is 0.286. The average Bonchev–Trinajstić information content (AvgIpc) is 3.03. The van der Waals surface area contributed by atoms with Crippen LogP contribution in [0.5, 0.6) is 11.5 Å². The van der Waals surface area contributed by atoms with Crippen molar-refractivity contribution in [3.63, 3.8) is 0 Å². The lowest BCUT2D eigenvalue weighted by atomic mass is 10.1. The summed E-state index contributed by atoms with van der Waals surface area (Å²) in [4.78, 5) is 38.0. The van der Waals surface area contributed by atoms with Crippen molar-refractivity contribution in [1.82, 2.24) is 15.5 Å². The van der Waals surface area contributed by atoms with Crippen molar-refractivity contribution in [3.8, 4) is 11.5 Å². The summed E-state index contributed by atoms with van der Waals surface area (Å²) in [5.74, 6) is -3.33. The predicted octanol–water partition coefficient (Wildman–Crippen LogP) is 3.46. The molecule has 14 heteroatoms. The molecule has 1 fully saturated rings. The average molecular weight is 505 g/mol. The molecule has 1 aliphatic heterocycles. The summed E-state index contributed by atoms with van der Waals surface area (Å²) in [6.07, 6.45) is -10.4. The SMILES string of the molecule is COc1cccc(CN2C(=O)N[C@@](NC(=O)c3cccc(C(F)(F)F)c3)(C(F)(F)F)C2=O)c1OC. The number of urea groups is 1. The van der Waals surface area contributed by atoms with Gasteiger partial charge in [0.2, 0.25) is 0 Å². The van der Waals surface area contributed by atoms with Crippen molar-refractivity contribution in [2.45, 2.75) is 24.6 Å². The highest BCUT2D eigenvalue weighted by Crippen LogP contribution is 2.37. The van der Waals surface area contributed by atoms with Crippen LogP contribution in [0.4, 0.5) is 31.1 Å². The molecule has 0 bridgehead atoms. The highest BCUT2D eigenvalue weighted by Gasteiger charge is 2.68. The molecule has 1 heterocycles. The molecular formula is C21H17F6N3O5. The maximum atomic E-state index is 14.1. The minimum atomic E-state index is -5.55. The summed E-state index contributed by atoms with van der Waals surface area (Å²) in [7, 11) is 2.54. The number of nitrogens with zero attached hydrogens (tertiary/aromatic N) is 1. The van der Waals surface area contributed by atoms with Crippen LogP contribution in [0.3, 0.4) is 0 Å². The van der Waals surface area contributed by atoms with Gasteiger partial charge in [-0.1, -0.05) is 18.2 Å². The molecule has 35 heavy (non-hydrogen) atoms. The Hall–Kier alpha value is -3.97. The third-order valence-corrected chi connectivity index (χ3v) is 5.10. The Morgan fingerprint density at radius 3 is 2.26 bits per heavy atom. The van der Waals surface area contributed by atoms with Crippen LogP contribution < -0.4 is 20.1 Å². The zero-order valence-corrected chi connectivity index (χ0v) is 18.0. The molecule has 3 rings (SSSR count). The van der Waals surface area contributed by atoms with Crippen LogP contribution in [0.15, 0.2) is 42.5 Å². The first-order valence-corrected chi connectivity index (χ1v) is 9.65. The van der Waals surface area contributed by atoms with E-state index in [1.54, 1.807) is 0 Å². The number of carbonyl (C=O) groups excluding carboxylic acids is 3. The van der Waals surface area contributed by atoms with E-state index in [1.165, 1.54) is 43.1 Å². The molecule has 0 saturated carbocycles. The molecule has 0 unspecified atom stereocenters. The molecule has 4 amide bonds. The number of carbonyl (C=O) groups is 3. The van der Waals surface area contributed by atoms with Crippen LogP contribution in [0.25, 0.3) is 0 Å². The number of para-hydroxylation sites is 1. The lowest BCUT2D eigenvalue weighted by Crippen LogP contribution is -2.69. The molecular weight excluding hydrogens is 488 g/mol. The van der Waals surface area contributed by atoms with Gasteiger partial charge in [0.25, 0.3) is 17.5 Å². The van der Waals surface area contributed by atoms with Crippen LogP contribution >= 0.6 is 0 Å². The number of alkyl halides is 6. The first kappa shape index (κ1) is 25.6. The molecule has 2 aromatic carbocycles. The van der Waals surface area contributed by atoms with Gasteiger partial charge in [0.05, 0.1) is 26.3 Å². The second kappa shape index (κ2) is 9.00. The van der Waals surface area contributed by atoms with Crippen LogP contribution in [-0.4, -0.2) is 48.8 Å². The fourth-order valence-electron chi connectivity index (χ4n) is 3.40. The van der Waals surface area contributed by atoms with E-state index in [2.05, 4.69) is 0 Å². The van der Waals surface area contributed by atoms with Gasteiger partial charge in [-0.25, -0.2) is 4.79 Å². The summed E-state index contributed by atoms with van der Waals surface area (Å²) in [5.41, 5.74) is -5.91. The Morgan fingerprint density at radius 2 is 1.69 bits per heavy atom. The van der Waals surface area contributed by atoms with Gasteiger partial charge in [-0.2, -0.15) is 26.3 Å². The van der Waals surface area contributed by atoms with E-state index in [9.17, 15) is 40.7 Å². The van der Waals surface area contributed by atoms with Crippen LogP contribution in [0.1, 0.15) is 21.5 Å². The number of hydrogen-bond acceptors (Lipinski definition) is 5. The van der Waals surface area contributed by atoms with Gasteiger partial charge in [-0.15, -0.1) is 0 Å². The fourth-order valence-corrected chi connectivity index (χ4v) is 3.40. The van der Waals surface area contributed by atoms with Crippen LogP contribution in [0, 0.1) is 0 Å². The molecule has 188 valence electrons. The maximum Gasteiger partial charge on any atom is 0.440 e. The largest absolute Gasteiger partial charge is 0.493 e. The molecule has 1 aliphatic rings. The Bertz CT molecular complexity index is 1170. The lowest BCUT2D eigenvalue weighted by Gasteiger charge is -2.30. The van der Waals surface area contributed by atoms with Crippen molar-refractivity contribution in [2.75, 3.05) is 14.2 Å². The number of ether oxygens (including phenoxy) is 2. The molecule has 0 spiro atoms. The van der Waals surface area contributed by atoms with Crippen molar-refractivity contribution < 1.29 is 50.2 Å². The summed E-state index contributed by atoms with van der Waals surface area (Å²) in [6.45, 7) is -0.692. The topological polar surface area (TPSA) is 97.0 Å². The normalized spacial score (nSPS) is 18.3. The van der Waals surface area contributed by atoms with E-state index < -0.39 is 53.5 Å². The molecule has 0 aromatic heterocycles. The molecule has 0 radical (unpaired) electrons. The van der Waals surface area contributed by atoms with E-state index in [4.69, 9.17) is 9.47 Å². The zero-order valence-electron chi connectivity index (χ0n) is 18.0. The summed E-state index contributed by atoms with van der Waals surface area (Å²) in [6, 6.07) is 5.37. The Balaban J connectivity index is 1.96. The van der Waals surface area contributed by atoms with Crippen LogP contribution in [-0.2, 0) is 17.5 Å². The summed E-state index contributed by atoms with van der Waals surface area (Å²) in [5, 5.41) is 2.79. The number of rotatable bonds is 6. The minimum absolute atomic E-state index is 0.0492. The van der Waals surface area contributed by atoms with Gasteiger partial charge in [0, 0.05) is 11.1 Å². The standard InChI is InChI=1S/C21H17F6N3O5/c1-34-14-8-4-6-12(15(14)35-2)10-30-17(32)19(21(25,26)27,29-18(30)33)28-16(31)11-5-3-7-13(9-11)20(22,23)24/h3-9H,10H2,1-2H3,(H,28,31)(H,29,33)/t19-/m1/s1. The quantitative estimate of drug-likeness (QED) is 0.463. The van der Waals surface area contributed by atoms with Crippen LogP contribution in [0.2, 0.25) is 0 Å². The number of hydrogen-bond donors (Lipinski definition) is 2. The van der Waals surface area contributed by atoms with Gasteiger partial charge in [-0.3, -0.25) is 19.8 Å². The van der Waals surface area contributed by atoms with Gasteiger partial charge >= 0.3 is 18.4 Å². The smallest absolute Gasteiger partial charge is 0.440 e. The molecule has 0 aliphatic carbocycles. The third kappa shape index (κ3) is 4.68. The maximum absolute atomic E-state index is 14.1. The lowest BCUT2D eigenvalue weighted by molar-refractivity contribution is -0.200. The Labute approximate surface area is 193 Å². The first-order valence-electron chi connectivity index (χ1n) is 9.65. The summed E-state index contributed by atoms with van der Waals surface area (Å²) < 4.78 is 91.2. The second-order valence-corrected chi connectivity index (χ2v) is 7.25. The van der Waals surface area contributed by atoms with E-state index >= 15 is 0 Å². The van der Waals surface area contributed by atoms with Gasteiger partial charge in [0.15, 0.2) is 11.5 Å².